The summed E-state index contributed by atoms with van der Waals surface area (Å²) in [5.41, 5.74) is 8.23. The molecule has 0 saturated heterocycles. The molecule has 0 aliphatic carbocycles. The molecular formula is C22H26N6O3. The molecule has 9 nitrogen and oxygen atoms in total. The van der Waals surface area contributed by atoms with Crippen molar-refractivity contribution >= 4 is 11.7 Å². The third-order valence-electron chi connectivity index (χ3n) is 5.15. The van der Waals surface area contributed by atoms with Crippen molar-refractivity contribution in [2.24, 2.45) is 5.73 Å². The first-order valence-corrected chi connectivity index (χ1v) is 10.1. The largest absolute Gasteiger partial charge is 0.463 e. The van der Waals surface area contributed by atoms with Crippen LogP contribution in [0.3, 0.4) is 0 Å². The van der Waals surface area contributed by atoms with Gasteiger partial charge in [-0.1, -0.05) is 17.3 Å². The molecule has 2 aromatic rings. The highest BCUT2D eigenvalue weighted by Crippen LogP contribution is 2.40. The summed E-state index contributed by atoms with van der Waals surface area (Å²) in [5, 5.41) is 17.5. The van der Waals surface area contributed by atoms with Gasteiger partial charge in [-0.3, -0.25) is 4.68 Å². The molecule has 2 heterocycles. The van der Waals surface area contributed by atoms with E-state index in [0.717, 1.165) is 24.3 Å². The minimum atomic E-state index is -0.642. The van der Waals surface area contributed by atoms with Gasteiger partial charge in [0.2, 0.25) is 5.88 Å². The van der Waals surface area contributed by atoms with E-state index in [1.165, 1.54) is 0 Å². The fourth-order valence-corrected chi connectivity index (χ4v) is 3.61. The van der Waals surface area contributed by atoms with Crippen molar-refractivity contribution < 1.29 is 14.3 Å². The van der Waals surface area contributed by atoms with Gasteiger partial charge in [0.05, 0.1) is 30.8 Å². The number of nitriles is 1. The molecule has 1 aliphatic rings. The van der Waals surface area contributed by atoms with Gasteiger partial charge < -0.3 is 20.1 Å². The molecule has 2 N–H and O–H groups in total. The van der Waals surface area contributed by atoms with Gasteiger partial charge in [-0.2, -0.15) is 5.26 Å². The normalized spacial score (nSPS) is 16.0. The van der Waals surface area contributed by atoms with Crippen LogP contribution in [-0.2, 0) is 20.8 Å². The number of esters is 1. The quantitative estimate of drug-likeness (QED) is 0.644. The Labute approximate surface area is 181 Å². The Morgan fingerprint density at radius 1 is 1.35 bits per heavy atom. The van der Waals surface area contributed by atoms with E-state index in [1.54, 1.807) is 24.7 Å². The lowest BCUT2D eigenvalue weighted by atomic mass is 9.83. The average Bonchev–Trinajstić information content (AvgIpc) is 3.28. The molecule has 1 aliphatic heterocycles. The van der Waals surface area contributed by atoms with Crippen molar-refractivity contribution in [1.29, 1.82) is 5.26 Å². The van der Waals surface area contributed by atoms with Gasteiger partial charge in [0.25, 0.3) is 0 Å². The van der Waals surface area contributed by atoms with Crippen LogP contribution in [0.25, 0.3) is 0 Å². The van der Waals surface area contributed by atoms with Gasteiger partial charge in [-0.25, -0.2) is 4.79 Å². The van der Waals surface area contributed by atoms with Crippen LogP contribution >= 0.6 is 0 Å². The van der Waals surface area contributed by atoms with Gasteiger partial charge >= 0.3 is 5.97 Å². The fraction of sp³-hybridized carbons (Fsp3) is 0.364. The zero-order chi connectivity index (χ0) is 22.4. The number of aromatic nitrogens is 3. The zero-order valence-electron chi connectivity index (χ0n) is 17.9. The first-order valence-electron chi connectivity index (χ1n) is 10.1. The zero-order valence-corrected chi connectivity index (χ0v) is 17.9. The van der Waals surface area contributed by atoms with Crippen LogP contribution in [-0.4, -0.2) is 40.7 Å². The summed E-state index contributed by atoms with van der Waals surface area (Å²) < 4.78 is 12.5. The average molecular weight is 422 g/mol. The molecule has 1 aromatic heterocycles. The summed E-state index contributed by atoms with van der Waals surface area (Å²) in [6.07, 6.45) is 3.48. The van der Waals surface area contributed by atoms with E-state index < -0.39 is 11.9 Å². The maximum Gasteiger partial charge on any atom is 0.338 e. The Balaban J connectivity index is 1.89. The number of benzene rings is 1. The van der Waals surface area contributed by atoms with Crippen molar-refractivity contribution in [2.75, 3.05) is 24.6 Å². The molecule has 0 bridgehead atoms. The molecule has 0 amide bonds. The summed E-state index contributed by atoms with van der Waals surface area (Å²) in [7, 11) is 0. The Hall–Kier alpha value is -3.80. The molecule has 0 fully saturated rings. The third-order valence-corrected chi connectivity index (χ3v) is 5.15. The van der Waals surface area contributed by atoms with Crippen molar-refractivity contribution in [2.45, 2.75) is 33.2 Å². The maximum absolute atomic E-state index is 12.6. The second-order valence-corrected chi connectivity index (χ2v) is 6.95. The topological polar surface area (TPSA) is 119 Å². The minimum absolute atomic E-state index is 0.00476. The number of likely N-dealkylation sites (N-methyl/N-ethyl adjacent to an activating group) is 1. The SMILES string of the molecule is CCOC(=O)C1=C(C)OC(N)=C(C#N)C1c1ccc(N(CC)CCn2ccnn2)cc1. The lowest BCUT2D eigenvalue weighted by Crippen LogP contribution is -2.27. The summed E-state index contributed by atoms with van der Waals surface area (Å²) in [4.78, 5) is 14.8. The Bertz CT molecular complexity index is 1020. The maximum atomic E-state index is 12.6. The molecule has 0 saturated carbocycles. The standard InChI is InChI=1S/C22H26N6O3/c1-4-27(12-13-28-11-10-25-26-28)17-8-6-16(7-9-17)20-18(14-23)21(24)31-15(3)19(20)22(29)30-5-2/h6-11,20H,4-5,12-13,24H2,1-3H3. The van der Waals surface area contributed by atoms with E-state index in [-0.39, 0.29) is 18.1 Å². The first kappa shape index (κ1) is 21.9. The summed E-state index contributed by atoms with van der Waals surface area (Å²) >= 11 is 0. The Morgan fingerprint density at radius 3 is 2.68 bits per heavy atom. The van der Waals surface area contributed by atoms with Gasteiger partial charge in [0.1, 0.15) is 17.4 Å². The number of carbonyl (C=O) groups is 1. The molecular weight excluding hydrogens is 396 g/mol. The predicted octanol–water partition coefficient (Wildman–Crippen LogP) is 2.45. The van der Waals surface area contributed by atoms with E-state index in [9.17, 15) is 10.1 Å². The summed E-state index contributed by atoms with van der Waals surface area (Å²) in [6, 6.07) is 9.84. The van der Waals surface area contributed by atoms with Crippen molar-refractivity contribution in [1.82, 2.24) is 15.0 Å². The number of hydrogen-bond donors (Lipinski definition) is 1. The Morgan fingerprint density at radius 2 is 2.10 bits per heavy atom. The van der Waals surface area contributed by atoms with Crippen molar-refractivity contribution in [3.8, 4) is 6.07 Å². The third kappa shape index (κ3) is 4.69. The monoisotopic (exact) mass is 422 g/mol. The lowest BCUT2D eigenvalue weighted by Gasteiger charge is -2.28. The van der Waals surface area contributed by atoms with Gasteiger partial charge in [0.15, 0.2) is 0 Å². The van der Waals surface area contributed by atoms with Crippen LogP contribution in [0.4, 0.5) is 5.69 Å². The van der Waals surface area contributed by atoms with Gasteiger partial charge in [0, 0.05) is 25.0 Å². The van der Waals surface area contributed by atoms with Crippen LogP contribution in [0.15, 0.2) is 59.4 Å². The smallest absolute Gasteiger partial charge is 0.338 e. The van der Waals surface area contributed by atoms with E-state index in [0.29, 0.717) is 17.9 Å². The molecule has 1 unspecified atom stereocenters. The van der Waals surface area contributed by atoms with Crippen LogP contribution in [0, 0.1) is 11.3 Å². The second kappa shape index (κ2) is 9.80. The van der Waals surface area contributed by atoms with E-state index in [2.05, 4.69) is 28.2 Å². The molecule has 0 radical (unpaired) electrons. The molecule has 0 spiro atoms. The number of rotatable bonds is 8. The van der Waals surface area contributed by atoms with E-state index in [4.69, 9.17) is 15.2 Å². The van der Waals surface area contributed by atoms with E-state index >= 15 is 0 Å². The van der Waals surface area contributed by atoms with Crippen molar-refractivity contribution in [3.63, 3.8) is 0 Å². The minimum Gasteiger partial charge on any atom is -0.463 e. The summed E-state index contributed by atoms with van der Waals surface area (Å²) in [5.74, 6) is -0.813. The Kier molecular flexibility index (Phi) is 6.92. The highest BCUT2D eigenvalue weighted by molar-refractivity contribution is 5.92. The number of anilines is 1. The molecule has 3 rings (SSSR count). The molecule has 162 valence electrons. The first-order chi connectivity index (χ1) is 15.0. The number of ether oxygens (including phenoxy) is 2. The molecule has 9 heteroatoms. The van der Waals surface area contributed by atoms with Gasteiger partial charge in [-0.15, -0.1) is 5.10 Å². The number of allylic oxidation sites excluding steroid dienone is 2. The lowest BCUT2D eigenvalue weighted by molar-refractivity contribution is -0.139. The number of nitrogens with two attached hydrogens (primary N) is 1. The summed E-state index contributed by atoms with van der Waals surface area (Å²) in [6.45, 7) is 7.97. The number of nitrogens with zero attached hydrogens (tertiary/aromatic N) is 5. The highest BCUT2D eigenvalue weighted by Gasteiger charge is 2.36. The fourth-order valence-electron chi connectivity index (χ4n) is 3.61. The molecule has 1 aromatic carbocycles. The molecule has 31 heavy (non-hydrogen) atoms. The van der Waals surface area contributed by atoms with Gasteiger partial charge in [-0.05, 0) is 38.5 Å². The van der Waals surface area contributed by atoms with Crippen molar-refractivity contribution in [3.05, 3.63) is 65.0 Å². The predicted molar refractivity (Wildman–Crippen MR) is 114 cm³/mol. The number of hydrogen-bond acceptors (Lipinski definition) is 8. The number of carbonyl (C=O) groups excluding carboxylic acids is 1. The second-order valence-electron chi connectivity index (χ2n) is 6.95. The van der Waals surface area contributed by atoms with E-state index in [1.807, 2.05) is 30.5 Å². The van der Waals surface area contributed by atoms with Crippen LogP contribution < -0.4 is 10.6 Å². The van der Waals surface area contributed by atoms with Crippen LogP contribution in [0.2, 0.25) is 0 Å². The molecule has 1 atom stereocenters. The highest BCUT2D eigenvalue weighted by atomic mass is 16.5. The van der Waals surface area contributed by atoms with Crippen LogP contribution in [0.5, 0.6) is 0 Å². The van der Waals surface area contributed by atoms with Crippen LogP contribution in [0.1, 0.15) is 32.3 Å².